The molecule has 2 heterocycles. The van der Waals surface area contributed by atoms with Crippen molar-refractivity contribution < 1.29 is 23.8 Å². The molecule has 2 amide bonds. The molecule has 2 saturated heterocycles. The van der Waals surface area contributed by atoms with Crippen molar-refractivity contribution in [3.05, 3.63) is 65.7 Å². The summed E-state index contributed by atoms with van der Waals surface area (Å²) in [6.07, 6.45) is 3.18. The molecule has 2 aromatic rings. The van der Waals surface area contributed by atoms with Crippen LogP contribution in [0.3, 0.4) is 0 Å². The van der Waals surface area contributed by atoms with Gasteiger partial charge in [-0.05, 0) is 75.6 Å². The zero-order valence-corrected chi connectivity index (χ0v) is 22.5. The van der Waals surface area contributed by atoms with E-state index in [0.29, 0.717) is 25.6 Å². The Labute approximate surface area is 220 Å². The summed E-state index contributed by atoms with van der Waals surface area (Å²) < 4.78 is 17.4. The van der Waals surface area contributed by atoms with Gasteiger partial charge in [-0.1, -0.05) is 49.4 Å². The second-order valence-corrected chi connectivity index (χ2v) is 11.2. The largest absolute Gasteiger partial charge is 0.491 e. The van der Waals surface area contributed by atoms with Crippen molar-refractivity contribution in [2.24, 2.45) is 5.92 Å². The van der Waals surface area contributed by atoms with Gasteiger partial charge in [-0.3, -0.25) is 0 Å². The molecule has 37 heavy (non-hydrogen) atoms. The van der Waals surface area contributed by atoms with Crippen LogP contribution >= 0.6 is 0 Å². The summed E-state index contributed by atoms with van der Waals surface area (Å²) in [5, 5.41) is 0. The number of carbonyl (C=O) groups is 2. The number of amides is 2. The molecule has 3 atom stereocenters. The Morgan fingerprint density at radius 3 is 2.49 bits per heavy atom. The van der Waals surface area contributed by atoms with Crippen LogP contribution in [0.2, 0.25) is 0 Å². The molecule has 7 heteroatoms. The van der Waals surface area contributed by atoms with Crippen molar-refractivity contribution in [1.29, 1.82) is 0 Å². The van der Waals surface area contributed by atoms with Gasteiger partial charge in [0.2, 0.25) is 0 Å². The van der Waals surface area contributed by atoms with E-state index in [0.717, 1.165) is 42.6 Å². The van der Waals surface area contributed by atoms with Gasteiger partial charge >= 0.3 is 12.2 Å². The van der Waals surface area contributed by atoms with Gasteiger partial charge in [0.25, 0.3) is 0 Å². The van der Waals surface area contributed by atoms with Gasteiger partial charge in [0.1, 0.15) is 24.6 Å². The lowest BCUT2D eigenvalue weighted by atomic mass is 9.90. The fourth-order valence-electron chi connectivity index (χ4n) is 5.08. The van der Waals surface area contributed by atoms with E-state index in [1.807, 2.05) is 80.3 Å². The Balaban J connectivity index is 1.37. The number of hydrogen-bond donors (Lipinski definition) is 0. The number of piperidine rings is 1. The van der Waals surface area contributed by atoms with E-state index in [9.17, 15) is 9.59 Å². The molecule has 0 aromatic heterocycles. The van der Waals surface area contributed by atoms with Crippen molar-refractivity contribution in [2.75, 3.05) is 19.7 Å². The first kappa shape index (κ1) is 26.8. The number of carbonyl (C=O) groups excluding carboxylic acids is 2. The molecule has 2 unspecified atom stereocenters. The van der Waals surface area contributed by atoms with Crippen molar-refractivity contribution in [1.82, 2.24) is 9.80 Å². The normalized spacial score (nSPS) is 22.0. The Hall–Kier alpha value is -3.22. The van der Waals surface area contributed by atoms with Crippen molar-refractivity contribution >= 4 is 12.2 Å². The molecule has 2 fully saturated rings. The first-order valence-electron chi connectivity index (χ1n) is 13.4. The highest BCUT2D eigenvalue weighted by atomic mass is 16.6. The Morgan fingerprint density at radius 2 is 1.73 bits per heavy atom. The molecule has 0 saturated carbocycles. The number of hydrogen-bond acceptors (Lipinski definition) is 5. The van der Waals surface area contributed by atoms with Gasteiger partial charge in [-0.25, -0.2) is 9.59 Å². The standard InChI is InChI=1S/C30H40N2O5/c1-22-15-16-27(32(19-22)29(34)37-30(2,3)4)24-12-8-14-26(18-24)35-21-25-13-9-17-31(25)28(33)36-20-23-10-6-5-7-11-23/h5-8,10-12,14,18,22,25,27H,9,13,15-17,19-21H2,1-4H3/t22?,25-,27?/m0/s1. The molecular formula is C30H40N2O5. The van der Waals surface area contributed by atoms with E-state index in [4.69, 9.17) is 14.2 Å². The predicted molar refractivity (Wildman–Crippen MR) is 142 cm³/mol. The molecule has 7 nitrogen and oxygen atoms in total. The third-order valence-electron chi connectivity index (χ3n) is 6.95. The quantitative estimate of drug-likeness (QED) is 0.441. The molecule has 200 valence electrons. The molecule has 0 N–H and O–H groups in total. The van der Waals surface area contributed by atoms with E-state index in [-0.39, 0.29) is 30.9 Å². The second kappa shape index (κ2) is 11.9. The summed E-state index contributed by atoms with van der Waals surface area (Å²) in [6.45, 7) is 9.87. The smallest absolute Gasteiger partial charge is 0.410 e. The highest BCUT2D eigenvalue weighted by Gasteiger charge is 2.34. The van der Waals surface area contributed by atoms with E-state index < -0.39 is 5.60 Å². The summed E-state index contributed by atoms with van der Waals surface area (Å²) in [7, 11) is 0. The molecule has 0 bridgehead atoms. The van der Waals surface area contributed by atoms with Gasteiger partial charge in [-0.2, -0.15) is 0 Å². The average molecular weight is 509 g/mol. The SMILES string of the molecule is CC1CCC(c2cccc(OC[C@@H]3CCCN3C(=O)OCc3ccccc3)c2)N(C(=O)OC(C)(C)C)C1. The van der Waals surface area contributed by atoms with Crippen molar-refractivity contribution in [2.45, 2.75) is 77.7 Å². The monoisotopic (exact) mass is 508 g/mol. The number of rotatable bonds is 6. The third kappa shape index (κ3) is 7.40. The summed E-state index contributed by atoms with van der Waals surface area (Å²) in [5.41, 5.74) is 1.47. The van der Waals surface area contributed by atoms with Gasteiger partial charge in [0, 0.05) is 13.1 Å². The third-order valence-corrected chi connectivity index (χ3v) is 6.95. The summed E-state index contributed by atoms with van der Waals surface area (Å²) in [4.78, 5) is 29.4. The number of benzene rings is 2. The van der Waals surface area contributed by atoms with E-state index >= 15 is 0 Å². The number of nitrogens with zero attached hydrogens (tertiary/aromatic N) is 2. The lowest BCUT2D eigenvalue weighted by Gasteiger charge is -2.39. The lowest BCUT2D eigenvalue weighted by molar-refractivity contribution is 0.00359. The minimum atomic E-state index is -0.539. The summed E-state index contributed by atoms with van der Waals surface area (Å²) in [6, 6.07) is 17.6. The van der Waals surface area contributed by atoms with E-state index in [1.54, 1.807) is 4.90 Å². The molecule has 0 radical (unpaired) electrons. The zero-order valence-electron chi connectivity index (χ0n) is 22.5. The molecule has 0 spiro atoms. The second-order valence-electron chi connectivity index (χ2n) is 11.2. The van der Waals surface area contributed by atoms with Crippen LogP contribution in [0.25, 0.3) is 0 Å². The summed E-state index contributed by atoms with van der Waals surface area (Å²) >= 11 is 0. The van der Waals surface area contributed by atoms with Crippen LogP contribution in [-0.2, 0) is 16.1 Å². The maximum absolute atomic E-state index is 13.0. The average Bonchev–Trinajstić information content (AvgIpc) is 3.34. The molecular weight excluding hydrogens is 468 g/mol. The molecule has 0 aliphatic carbocycles. The van der Waals surface area contributed by atoms with Crippen molar-refractivity contribution in [3.63, 3.8) is 0 Å². The maximum Gasteiger partial charge on any atom is 0.410 e. The molecule has 2 aliphatic heterocycles. The first-order valence-corrected chi connectivity index (χ1v) is 13.4. The maximum atomic E-state index is 13.0. The fraction of sp³-hybridized carbons (Fsp3) is 0.533. The van der Waals surface area contributed by atoms with Crippen molar-refractivity contribution in [3.8, 4) is 5.75 Å². The van der Waals surface area contributed by atoms with Crippen LogP contribution in [0, 0.1) is 5.92 Å². The highest BCUT2D eigenvalue weighted by Crippen LogP contribution is 2.35. The van der Waals surface area contributed by atoms with Crippen LogP contribution in [-0.4, -0.2) is 53.3 Å². The Morgan fingerprint density at radius 1 is 0.946 bits per heavy atom. The minimum absolute atomic E-state index is 0.0271. The fourth-order valence-corrected chi connectivity index (χ4v) is 5.08. The first-order chi connectivity index (χ1) is 17.7. The zero-order chi connectivity index (χ0) is 26.4. The van der Waals surface area contributed by atoms with Crippen LogP contribution in [0.5, 0.6) is 5.75 Å². The van der Waals surface area contributed by atoms with Crippen LogP contribution < -0.4 is 4.74 Å². The lowest BCUT2D eigenvalue weighted by Crippen LogP contribution is -2.44. The minimum Gasteiger partial charge on any atom is -0.491 e. The molecule has 2 aliphatic rings. The van der Waals surface area contributed by atoms with E-state index in [1.165, 1.54) is 0 Å². The van der Waals surface area contributed by atoms with Gasteiger partial charge in [0.05, 0.1) is 12.1 Å². The Kier molecular flexibility index (Phi) is 8.62. The van der Waals surface area contributed by atoms with Crippen LogP contribution in [0.4, 0.5) is 9.59 Å². The van der Waals surface area contributed by atoms with E-state index in [2.05, 4.69) is 6.92 Å². The van der Waals surface area contributed by atoms with Crippen LogP contribution in [0.1, 0.15) is 70.5 Å². The summed E-state index contributed by atoms with van der Waals surface area (Å²) in [5.74, 6) is 1.17. The van der Waals surface area contributed by atoms with Gasteiger partial charge < -0.3 is 24.0 Å². The van der Waals surface area contributed by atoms with Crippen LogP contribution in [0.15, 0.2) is 54.6 Å². The number of likely N-dealkylation sites (tertiary alicyclic amines) is 2. The Bertz CT molecular complexity index is 1050. The number of ether oxygens (including phenoxy) is 3. The van der Waals surface area contributed by atoms with Gasteiger partial charge in [0.15, 0.2) is 0 Å². The topological polar surface area (TPSA) is 68.3 Å². The van der Waals surface area contributed by atoms with Gasteiger partial charge in [-0.15, -0.1) is 0 Å². The predicted octanol–water partition coefficient (Wildman–Crippen LogP) is 6.57. The molecule has 4 rings (SSSR count). The highest BCUT2D eigenvalue weighted by molar-refractivity contribution is 5.69. The molecule has 2 aromatic carbocycles.